The second kappa shape index (κ2) is 14.3. The van der Waals surface area contributed by atoms with Gasteiger partial charge in [-0.15, -0.1) is 0 Å². The van der Waals surface area contributed by atoms with Gasteiger partial charge in [-0.05, 0) is 62.2 Å². The zero-order valence-electron chi connectivity index (χ0n) is 18.8. The van der Waals surface area contributed by atoms with Crippen molar-refractivity contribution in [2.24, 2.45) is 4.99 Å². The molecule has 0 aromatic carbocycles. The number of nitrogens with zero attached hydrogens (tertiary/aromatic N) is 2. The van der Waals surface area contributed by atoms with Gasteiger partial charge >= 0.3 is 6.18 Å². The number of alkyl halides is 3. The van der Waals surface area contributed by atoms with E-state index >= 15 is 0 Å². The summed E-state index contributed by atoms with van der Waals surface area (Å²) in [6.45, 7) is 6.01. The summed E-state index contributed by atoms with van der Waals surface area (Å²) in [5.74, 6) is 0. The first-order chi connectivity index (χ1) is 15.2. The molecule has 0 unspecified atom stereocenters. The van der Waals surface area contributed by atoms with Crippen LogP contribution in [0.5, 0.6) is 0 Å². The van der Waals surface area contributed by atoms with E-state index in [2.05, 4.69) is 20.6 Å². The van der Waals surface area contributed by atoms with Crippen molar-refractivity contribution >= 4 is 17.8 Å². The largest absolute Gasteiger partial charge is 0.433 e. The molecule has 32 heavy (non-hydrogen) atoms. The Balaban J connectivity index is 2.72. The molecule has 0 bridgehead atoms. The molecular weight excluding hydrogens is 437 g/mol. The van der Waals surface area contributed by atoms with Crippen molar-refractivity contribution in [3.8, 4) is 0 Å². The van der Waals surface area contributed by atoms with E-state index in [-0.39, 0.29) is 0 Å². The normalized spacial score (nSPS) is 14.5. The molecule has 0 atom stereocenters. The van der Waals surface area contributed by atoms with Gasteiger partial charge < -0.3 is 10.6 Å². The number of hydrogen-bond donors (Lipinski definition) is 2. The van der Waals surface area contributed by atoms with Gasteiger partial charge in [0.1, 0.15) is 5.69 Å². The zero-order valence-corrected chi connectivity index (χ0v) is 19.6. The quantitative estimate of drug-likeness (QED) is 0.283. The molecule has 4 nitrogen and oxygen atoms in total. The van der Waals surface area contributed by atoms with Crippen LogP contribution in [0.1, 0.15) is 44.9 Å². The standard InChI is InChI=1S/C24H30ClF3N4/c1-5-19(13-20(15-29-4)11-12-30-14-18(3)25)7-9-22(6-2)31-16-21-8-10-23(32-17-21)24(26,27)28/h5-10,12,14-15,17,29,31H,11,13,16H2,1-4H3/b9-7-,18-14+,19-5+,20-15+,22-6?,30-12?. The average molecular weight is 467 g/mol. The first kappa shape index (κ1) is 27.2. The predicted octanol–water partition coefficient (Wildman–Crippen LogP) is 6.65. The van der Waals surface area contributed by atoms with Crippen LogP contribution in [-0.2, 0) is 12.7 Å². The molecule has 1 aromatic heterocycles. The Hall–Kier alpha value is -2.80. The van der Waals surface area contributed by atoms with Gasteiger partial charge in [0.2, 0.25) is 0 Å². The van der Waals surface area contributed by atoms with Gasteiger partial charge in [0.05, 0.1) is 0 Å². The number of aliphatic imine (C=N–C) groups is 1. The molecule has 0 aliphatic carbocycles. The zero-order chi connectivity index (χ0) is 24.0. The van der Waals surface area contributed by atoms with E-state index in [1.165, 1.54) is 12.3 Å². The summed E-state index contributed by atoms with van der Waals surface area (Å²) in [6, 6.07) is 2.41. The number of pyridine rings is 1. The summed E-state index contributed by atoms with van der Waals surface area (Å²) in [4.78, 5) is 7.66. The van der Waals surface area contributed by atoms with Crippen LogP contribution in [0, 0.1) is 0 Å². The highest BCUT2D eigenvalue weighted by molar-refractivity contribution is 6.29. The fraction of sp³-hybridized carbons (Fsp3) is 0.333. The molecule has 0 amide bonds. The van der Waals surface area contributed by atoms with Crippen molar-refractivity contribution < 1.29 is 13.2 Å². The molecular formula is C24H30ClF3N4. The summed E-state index contributed by atoms with van der Waals surface area (Å²) >= 11 is 5.78. The highest BCUT2D eigenvalue weighted by atomic mass is 35.5. The third kappa shape index (κ3) is 11.0. The molecule has 0 saturated carbocycles. The van der Waals surface area contributed by atoms with Gasteiger partial charge in [-0.3, -0.25) is 9.98 Å². The average Bonchev–Trinajstić information content (AvgIpc) is 2.75. The molecule has 2 N–H and O–H groups in total. The maximum Gasteiger partial charge on any atom is 0.433 e. The Labute approximate surface area is 193 Å². The minimum atomic E-state index is -4.43. The SMILES string of the molecule is CC=C(/C=C\C(=C/C)C/C(=C/NC)CC=N/C=C(\C)Cl)NCc1ccc(C(F)(F)F)nc1. The van der Waals surface area contributed by atoms with Crippen LogP contribution in [0.3, 0.4) is 0 Å². The Morgan fingerprint density at radius 1 is 1.19 bits per heavy atom. The van der Waals surface area contributed by atoms with Crippen LogP contribution in [0.2, 0.25) is 0 Å². The van der Waals surface area contributed by atoms with Crippen LogP contribution in [0.25, 0.3) is 0 Å². The van der Waals surface area contributed by atoms with Crippen LogP contribution in [-0.4, -0.2) is 18.2 Å². The number of allylic oxidation sites excluding steroid dienone is 7. The third-order valence-corrected chi connectivity index (χ3v) is 4.36. The minimum absolute atomic E-state index is 0.370. The lowest BCUT2D eigenvalue weighted by Crippen LogP contribution is -2.13. The summed E-state index contributed by atoms with van der Waals surface area (Å²) in [6.07, 6.45) is 11.5. The number of hydrogen-bond acceptors (Lipinski definition) is 4. The van der Waals surface area contributed by atoms with Gasteiger partial charge in [-0.25, -0.2) is 0 Å². The molecule has 0 aliphatic heterocycles. The lowest BCUT2D eigenvalue weighted by molar-refractivity contribution is -0.141. The first-order valence-electron chi connectivity index (χ1n) is 10.1. The molecule has 0 aliphatic rings. The Morgan fingerprint density at radius 3 is 2.47 bits per heavy atom. The lowest BCUT2D eigenvalue weighted by Gasteiger charge is -2.10. The third-order valence-electron chi connectivity index (χ3n) is 4.26. The van der Waals surface area contributed by atoms with Gasteiger partial charge in [-0.1, -0.05) is 35.9 Å². The number of aromatic nitrogens is 1. The summed E-state index contributed by atoms with van der Waals surface area (Å²) in [5, 5.41) is 6.89. The smallest absolute Gasteiger partial charge is 0.394 e. The van der Waals surface area contributed by atoms with E-state index in [9.17, 15) is 13.2 Å². The van der Waals surface area contributed by atoms with Crippen molar-refractivity contribution in [1.82, 2.24) is 15.6 Å². The summed E-state index contributed by atoms with van der Waals surface area (Å²) in [7, 11) is 1.85. The summed E-state index contributed by atoms with van der Waals surface area (Å²) < 4.78 is 37.9. The second-order valence-electron chi connectivity index (χ2n) is 6.86. The number of halogens is 4. The molecule has 1 rings (SSSR count). The van der Waals surface area contributed by atoms with Crippen LogP contribution in [0.4, 0.5) is 13.2 Å². The topological polar surface area (TPSA) is 49.3 Å². The first-order valence-corrected chi connectivity index (χ1v) is 10.5. The van der Waals surface area contributed by atoms with E-state index in [4.69, 9.17) is 11.6 Å². The van der Waals surface area contributed by atoms with Gasteiger partial charge in [0.25, 0.3) is 0 Å². The Kier molecular flexibility index (Phi) is 12.2. The van der Waals surface area contributed by atoms with E-state index in [1.54, 1.807) is 13.1 Å². The van der Waals surface area contributed by atoms with E-state index in [1.807, 2.05) is 57.6 Å². The fourth-order valence-electron chi connectivity index (χ4n) is 2.59. The number of nitrogens with one attached hydrogen (secondary N) is 2. The second-order valence-corrected chi connectivity index (χ2v) is 7.46. The number of rotatable bonds is 11. The van der Waals surface area contributed by atoms with Crippen LogP contribution >= 0.6 is 11.6 Å². The van der Waals surface area contributed by atoms with Crippen molar-refractivity contribution in [3.05, 3.63) is 88.2 Å². The molecule has 0 radical (unpaired) electrons. The van der Waals surface area contributed by atoms with Crippen LogP contribution < -0.4 is 10.6 Å². The Bertz CT molecular complexity index is 889. The Morgan fingerprint density at radius 2 is 1.94 bits per heavy atom. The van der Waals surface area contributed by atoms with Crippen molar-refractivity contribution in [3.63, 3.8) is 0 Å². The molecule has 0 spiro atoms. The van der Waals surface area contributed by atoms with E-state index in [0.29, 0.717) is 23.6 Å². The molecule has 8 heteroatoms. The van der Waals surface area contributed by atoms with Gasteiger partial charge in [0.15, 0.2) is 0 Å². The highest BCUT2D eigenvalue weighted by Gasteiger charge is 2.31. The molecule has 174 valence electrons. The van der Waals surface area contributed by atoms with Crippen LogP contribution in [0.15, 0.2) is 81.9 Å². The van der Waals surface area contributed by atoms with Gasteiger partial charge in [-0.2, -0.15) is 13.2 Å². The van der Waals surface area contributed by atoms with Crippen molar-refractivity contribution in [1.29, 1.82) is 0 Å². The van der Waals surface area contributed by atoms with E-state index in [0.717, 1.165) is 29.3 Å². The minimum Gasteiger partial charge on any atom is -0.394 e. The maximum absolute atomic E-state index is 12.6. The molecule has 1 heterocycles. The molecule has 1 aromatic rings. The monoisotopic (exact) mass is 466 g/mol. The van der Waals surface area contributed by atoms with Crippen molar-refractivity contribution in [2.45, 2.75) is 46.3 Å². The van der Waals surface area contributed by atoms with Crippen molar-refractivity contribution in [2.75, 3.05) is 7.05 Å². The molecule has 0 saturated heterocycles. The van der Waals surface area contributed by atoms with E-state index < -0.39 is 11.9 Å². The highest BCUT2D eigenvalue weighted by Crippen LogP contribution is 2.27. The van der Waals surface area contributed by atoms with Gasteiger partial charge in [0, 0.05) is 49.4 Å². The summed E-state index contributed by atoms with van der Waals surface area (Å²) in [5.41, 5.74) is 2.89. The predicted molar refractivity (Wildman–Crippen MR) is 127 cm³/mol. The molecule has 0 fully saturated rings. The lowest BCUT2D eigenvalue weighted by atomic mass is 10.0. The maximum atomic E-state index is 12.6. The fourth-order valence-corrected chi connectivity index (χ4v) is 2.64.